The molecule has 1 aromatic heterocycles. The standard InChI is InChI=1S/C15H16F3N3OS/c1-9-8-23-13(20-9)7-19-14(22)21-10(2)11-5-3-4-6-12(11)15(16,17)18/h3-6,8,10H,7H2,1-2H3,(H2,19,21,22)/t10-/m0/s1. The van der Waals surface area contributed by atoms with Crippen molar-refractivity contribution in [3.05, 3.63) is 51.5 Å². The van der Waals surface area contributed by atoms with Crippen LogP contribution in [0.15, 0.2) is 29.6 Å². The SMILES string of the molecule is Cc1csc(CNC(=O)N[C@@H](C)c2ccccc2C(F)(F)F)n1. The van der Waals surface area contributed by atoms with E-state index in [0.29, 0.717) is 0 Å². The van der Waals surface area contributed by atoms with Crippen LogP contribution in [-0.2, 0) is 12.7 Å². The molecule has 23 heavy (non-hydrogen) atoms. The molecule has 0 bridgehead atoms. The molecule has 4 nitrogen and oxygen atoms in total. The molecule has 0 aliphatic carbocycles. The van der Waals surface area contributed by atoms with Crippen molar-refractivity contribution in [3.63, 3.8) is 0 Å². The molecule has 0 spiro atoms. The number of thiazole rings is 1. The summed E-state index contributed by atoms with van der Waals surface area (Å²) < 4.78 is 38.9. The Morgan fingerprint density at radius 3 is 2.65 bits per heavy atom. The van der Waals surface area contributed by atoms with Gasteiger partial charge in [-0.05, 0) is 25.5 Å². The minimum absolute atomic E-state index is 0.0280. The highest BCUT2D eigenvalue weighted by molar-refractivity contribution is 7.09. The Labute approximate surface area is 135 Å². The summed E-state index contributed by atoms with van der Waals surface area (Å²) in [6.45, 7) is 3.59. The third kappa shape index (κ3) is 4.69. The number of urea groups is 1. The molecule has 2 rings (SSSR count). The van der Waals surface area contributed by atoms with Gasteiger partial charge in [-0.1, -0.05) is 18.2 Å². The Morgan fingerprint density at radius 2 is 2.04 bits per heavy atom. The van der Waals surface area contributed by atoms with Gasteiger partial charge in [-0.25, -0.2) is 9.78 Å². The first-order chi connectivity index (χ1) is 10.8. The van der Waals surface area contributed by atoms with Gasteiger partial charge in [0.25, 0.3) is 0 Å². The van der Waals surface area contributed by atoms with Crippen LogP contribution in [0, 0.1) is 6.92 Å². The highest BCUT2D eigenvalue weighted by atomic mass is 32.1. The third-order valence-corrected chi connectivity index (χ3v) is 4.11. The summed E-state index contributed by atoms with van der Waals surface area (Å²) in [4.78, 5) is 16.0. The predicted molar refractivity (Wildman–Crippen MR) is 82.1 cm³/mol. The molecule has 0 radical (unpaired) electrons. The van der Waals surface area contributed by atoms with Crippen molar-refractivity contribution in [1.82, 2.24) is 15.6 Å². The number of amides is 2. The van der Waals surface area contributed by atoms with Gasteiger partial charge in [0.05, 0.1) is 18.2 Å². The van der Waals surface area contributed by atoms with Gasteiger partial charge in [-0.3, -0.25) is 0 Å². The van der Waals surface area contributed by atoms with Crippen LogP contribution in [-0.4, -0.2) is 11.0 Å². The number of benzene rings is 1. The van der Waals surface area contributed by atoms with E-state index in [1.165, 1.54) is 36.5 Å². The van der Waals surface area contributed by atoms with Gasteiger partial charge in [0, 0.05) is 11.1 Å². The van der Waals surface area contributed by atoms with Gasteiger partial charge >= 0.3 is 12.2 Å². The molecule has 1 aromatic carbocycles. The van der Waals surface area contributed by atoms with E-state index in [2.05, 4.69) is 15.6 Å². The van der Waals surface area contributed by atoms with Crippen LogP contribution < -0.4 is 10.6 Å². The molecule has 0 aliphatic rings. The maximum absolute atomic E-state index is 13.0. The molecule has 0 aliphatic heterocycles. The van der Waals surface area contributed by atoms with E-state index < -0.39 is 23.8 Å². The van der Waals surface area contributed by atoms with Crippen LogP contribution in [0.4, 0.5) is 18.0 Å². The quantitative estimate of drug-likeness (QED) is 0.881. The maximum atomic E-state index is 13.0. The van der Waals surface area contributed by atoms with Crippen LogP contribution in [0.5, 0.6) is 0 Å². The Hall–Kier alpha value is -2.09. The summed E-state index contributed by atoms with van der Waals surface area (Å²) in [7, 11) is 0. The summed E-state index contributed by atoms with van der Waals surface area (Å²) in [5.41, 5.74) is 0.142. The molecule has 1 heterocycles. The first-order valence-corrected chi connectivity index (χ1v) is 7.77. The molecule has 0 fully saturated rings. The largest absolute Gasteiger partial charge is 0.416 e. The van der Waals surface area contributed by atoms with E-state index in [1.807, 2.05) is 12.3 Å². The second-order valence-corrected chi connectivity index (χ2v) is 5.96. The lowest BCUT2D eigenvalue weighted by molar-refractivity contribution is -0.138. The van der Waals surface area contributed by atoms with Gasteiger partial charge in [-0.15, -0.1) is 11.3 Å². The zero-order valence-corrected chi connectivity index (χ0v) is 13.4. The molecular formula is C15H16F3N3OS. The highest BCUT2D eigenvalue weighted by Gasteiger charge is 2.34. The first kappa shape index (κ1) is 17.3. The smallest absolute Gasteiger partial charge is 0.332 e. The maximum Gasteiger partial charge on any atom is 0.416 e. The monoisotopic (exact) mass is 343 g/mol. The molecular weight excluding hydrogens is 327 g/mol. The van der Waals surface area contributed by atoms with Crippen molar-refractivity contribution in [2.75, 3.05) is 0 Å². The number of alkyl halides is 3. The number of aromatic nitrogens is 1. The summed E-state index contributed by atoms with van der Waals surface area (Å²) in [6, 6.07) is 3.89. The van der Waals surface area contributed by atoms with Crippen LogP contribution >= 0.6 is 11.3 Å². The molecule has 0 saturated carbocycles. The minimum atomic E-state index is -4.46. The number of carbonyl (C=O) groups is 1. The lowest BCUT2D eigenvalue weighted by Gasteiger charge is -2.19. The van der Waals surface area contributed by atoms with E-state index in [4.69, 9.17) is 0 Å². The van der Waals surface area contributed by atoms with Crippen LogP contribution in [0.25, 0.3) is 0 Å². The van der Waals surface area contributed by atoms with Crippen LogP contribution in [0.3, 0.4) is 0 Å². The zero-order chi connectivity index (χ0) is 17.0. The normalized spacial score (nSPS) is 12.7. The minimum Gasteiger partial charge on any atom is -0.332 e. The lowest BCUT2D eigenvalue weighted by atomic mass is 10.0. The predicted octanol–water partition coefficient (Wildman–Crippen LogP) is 4.03. The fourth-order valence-corrected chi connectivity index (χ4v) is 2.81. The number of hydrogen-bond acceptors (Lipinski definition) is 3. The summed E-state index contributed by atoms with van der Waals surface area (Å²) >= 11 is 1.41. The van der Waals surface area contributed by atoms with Gasteiger partial charge in [-0.2, -0.15) is 13.2 Å². The fraction of sp³-hybridized carbons (Fsp3) is 0.333. The fourth-order valence-electron chi connectivity index (χ4n) is 2.10. The average molecular weight is 343 g/mol. The van der Waals surface area contributed by atoms with Crippen molar-refractivity contribution in [3.8, 4) is 0 Å². The van der Waals surface area contributed by atoms with Gasteiger partial charge in [0.2, 0.25) is 0 Å². The molecule has 1 atom stereocenters. The van der Waals surface area contributed by atoms with E-state index in [-0.39, 0.29) is 12.1 Å². The summed E-state index contributed by atoms with van der Waals surface area (Å²) in [5.74, 6) is 0. The number of carbonyl (C=O) groups excluding carboxylic acids is 1. The topological polar surface area (TPSA) is 54.0 Å². The van der Waals surface area contributed by atoms with Crippen molar-refractivity contribution in [1.29, 1.82) is 0 Å². The van der Waals surface area contributed by atoms with Crippen molar-refractivity contribution >= 4 is 17.4 Å². The Bertz CT molecular complexity index is 685. The molecule has 8 heteroatoms. The number of aryl methyl sites for hydroxylation is 1. The first-order valence-electron chi connectivity index (χ1n) is 6.89. The molecule has 2 N–H and O–H groups in total. The van der Waals surface area contributed by atoms with Gasteiger partial charge < -0.3 is 10.6 Å². The second kappa shape index (κ2) is 6.99. The van der Waals surface area contributed by atoms with E-state index >= 15 is 0 Å². The van der Waals surface area contributed by atoms with E-state index in [0.717, 1.165) is 16.8 Å². The lowest BCUT2D eigenvalue weighted by Crippen LogP contribution is -2.37. The Kier molecular flexibility index (Phi) is 5.25. The molecule has 2 amide bonds. The Balaban J connectivity index is 1.99. The van der Waals surface area contributed by atoms with E-state index in [9.17, 15) is 18.0 Å². The highest BCUT2D eigenvalue weighted by Crippen LogP contribution is 2.34. The number of halogens is 3. The average Bonchev–Trinajstić information content (AvgIpc) is 2.90. The van der Waals surface area contributed by atoms with Gasteiger partial charge in [0.1, 0.15) is 5.01 Å². The van der Waals surface area contributed by atoms with Crippen LogP contribution in [0.2, 0.25) is 0 Å². The number of hydrogen-bond donors (Lipinski definition) is 2. The number of nitrogens with one attached hydrogen (secondary N) is 2. The van der Waals surface area contributed by atoms with Crippen molar-refractivity contribution in [2.24, 2.45) is 0 Å². The zero-order valence-electron chi connectivity index (χ0n) is 12.6. The molecule has 124 valence electrons. The molecule has 0 saturated heterocycles. The van der Waals surface area contributed by atoms with Gasteiger partial charge in [0.15, 0.2) is 0 Å². The van der Waals surface area contributed by atoms with Crippen molar-refractivity contribution in [2.45, 2.75) is 32.6 Å². The number of nitrogens with zero attached hydrogens (tertiary/aromatic N) is 1. The molecule has 2 aromatic rings. The summed E-state index contributed by atoms with van der Waals surface area (Å²) in [6.07, 6.45) is -4.46. The molecule has 0 unspecified atom stereocenters. The second-order valence-electron chi connectivity index (χ2n) is 5.02. The Morgan fingerprint density at radius 1 is 1.35 bits per heavy atom. The van der Waals surface area contributed by atoms with E-state index in [1.54, 1.807) is 0 Å². The van der Waals surface area contributed by atoms with Crippen LogP contribution in [0.1, 0.15) is 34.8 Å². The number of rotatable bonds is 4. The van der Waals surface area contributed by atoms with Crippen molar-refractivity contribution < 1.29 is 18.0 Å². The summed E-state index contributed by atoms with van der Waals surface area (Å²) in [5, 5.41) is 7.70. The third-order valence-electron chi connectivity index (χ3n) is 3.15.